The number of nitrogens with one attached hydrogen (secondary N) is 1. The van der Waals surface area contributed by atoms with Crippen LogP contribution in [0.1, 0.15) is 58.1 Å². The number of hydrogen-bond donors (Lipinski definition) is 2. The van der Waals surface area contributed by atoms with Gasteiger partial charge in [-0.1, -0.05) is 18.6 Å². The lowest BCUT2D eigenvalue weighted by Crippen LogP contribution is -2.30. The van der Waals surface area contributed by atoms with Gasteiger partial charge < -0.3 is 15.2 Å². The molecule has 0 fully saturated rings. The summed E-state index contributed by atoms with van der Waals surface area (Å²) in [6.45, 7) is 3.14. The number of fused-ring (bicyclic) bond motifs is 1. The number of aryl methyl sites for hydroxylation is 2. The molecule has 28 heavy (non-hydrogen) atoms. The first kappa shape index (κ1) is 19.9. The second-order valence-electron chi connectivity index (χ2n) is 6.89. The molecule has 0 saturated heterocycles. The second-order valence-corrected chi connectivity index (χ2v) is 7.99. The van der Waals surface area contributed by atoms with Gasteiger partial charge in [0.1, 0.15) is 22.4 Å². The molecule has 7 heteroatoms. The van der Waals surface area contributed by atoms with Crippen molar-refractivity contribution in [1.29, 1.82) is 5.26 Å². The van der Waals surface area contributed by atoms with Crippen molar-refractivity contribution in [3.8, 4) is 11.8 Å². The highest BCUT2D eigenvalue weighted by Gasteiger charge is 2.25. The Morgan fingerprint density at radius 3 is 2.79 bits per heavy atom. The summed E-state index contributed by atoms with van der Waals surface area (Å²) < 4.78 is 5.21. The number of anilines is 1. The van der Waals surface area contributed by atoms with Crippen LogP contribution >= 0.6 is 11.3 Å². The number of hydrogen-bond acceptors (Lipinski definition) is 6. The Morgan fingerprint density at radius 2 is 2.04 bits per heavy atom. The molecule has 6 nitrogen and oxygen atoms in total. The topological polar surface area (TPSA) is 99.4 Å². The highest BCUT2D eigenvalue weighted by atomic mass is 32.1. The number of nitriles is 1. The number of phenolic OH excluding ortho intramolecular Hbond substituents is 1. The van der Waals surface area contributed by atoms with Gasteiger partial charge in [0.05, 0.1) is 5.56 Å². The summed E-state index contributed by atoms with van der Waals surface area (Å²) in [5.74, 6) is -1.44. The fourth-order valence-corrected chi connectivity index (χ4v) is 4.51. The highest BCUT2D eigenvalue weighted by Crippen LogP contribution is 2.37. The van der Waals surface area contributed by atoms with Gasteiger partial charge in [0.25, 0.3) is 5.91 Å². The number of benzene rings is 1. The van der Waals surface area contributed by atoms with Crippen molar-refractivity contribution in [2.75, 3.05) is 5.32 Å². The number of nitrogens with zero attached hydrogens (tertiary/aromatic N) is 1. The second kappa shape index (κ2) is 8.44. The van der Waals surface area contributed by atoms with Gasteiger partial charge in [0.2, 0.25) is 0 Å². The third-order valence-electron chi connectivity index (χ3n) is 4.88. The fourth-order valence-electron chi connectivity index (χ4n) is 3.26. The molecule has 0 aliphatic heterocycles. The molecular formula is C21H22N2O4S. The van der Waals surface area contributed by atoms with Crippen LogP contribution in [0.25, 0.3) is 0 Å². The Bertz CT molecular complexity index is 958. The van der Waals surface area contributed by atoms with E-state index in [-0.39, 0.29) is 11.3 Å². The highest BCUT2D eigenvalue weighted by molar-refractivity contribution is 7.16. The number of amides is 1. The number of aromatic hydroxyl groups is 1. The Hall–Kier alpha value is -2.85. The summed E-state index contributed by atoms with van der Waals surface area (Å²) in [4.78, 5) is 26.0. The molecule has 1 unspecified atom stereocenters. The van der Waals surface area contributed by atoms with Gasteiger partial charge in [-0.05, 0) is 56.7 Å². The van der Waals surface area contributed by atoms with E-state index in [0.29, 0.717) is 16.1 Å². The van der Waals surface area contributed by atoms with Crippen LogP contribution in [0.15, 0.2) is 18.2 Å². The van der Waals surface area contributed by atoms with Gasteiger partial charge in [0.15, 0.2) is 6.10 Å². The van der Waals surface area contributed by atoms with Crippen molar-refractivity contribution in [1.82, 2.24) is 0 Å². The van der Waals surface area contributed by atoms with Crippen molar-refractivity contribution in [3.05, 3.63) is 45.3 Å². The van der Waals surface area contributed by atoms with Gasteiger partial charge in [-0.25, -0.2) is 4.79 Å². The monoisotopic (exact) mass is 398 g/mol. The largest absolute Gasteiger partial charge is 0.507 e. The van der Waals surface area contributed by atoms with Crippen LogP contribution in [0.2, 0.25) is 0 Å². The van der Waals surface area contributed by atoms with Gasteiger partial charge in [-0.2, -0.15) is 5.26 Å². The number of ether oxygens (including phenoxy) is 1. The SMILES string of the molecule is Cc1cccc(C(=O)OC(C)C(=O)Nc2sc3c(c2C#N)CCCCC3)c1O. The normalized spacial score (nSPS) is 14.3. The zero-order valence-electron chi connectivity index (χ0n) is 15.9. The average molecular weight is 398 g/mol. The summed E-state index contributed by atoms with van der Waals surface area (Å²) in [7, 11) is 0. The van der Waals surface area contributed by atoms with E-state index in [1.807, 2.05) is 0 Å². The molecule has 0 radical (unpaired) electrons. The maximum absolute atomic E-state index is 12.5. The zero-order valence-corrected chi connectivity index (χ0v) is 16.7. The summed E-state index contributed by atoms with van der Waals surface area (Å²) in [5.41, 5.74) is 2.12. The number of esters is 1. The third-order valence-corrected chi connectivity index (χ3v) is 6.09. The van der Waals surface area contributed by atoms with E-state index < -0.39 is 18.0 Å². The Labute approximate surface area is 167 Å². The molecule has 1 aromatic carbocycles. The van der Waals surface area contributed by atoms with Crippen LogP contribution in [0.4, 0.5) is 5.00 Å². The summed E-state index contributed by atoms with van der Waals surface area (Å²) in [6, 6.07) is 6.96. The molecular weight excluding hydrogens is 376 g/mol. The molecule has 3 rings (SSSR count). The number of phenols is 1. The van der Waals surface area contributed by atoms with E-state index in [4.69, 9.17) is 4.74 Å². The predicted molar refractivity (Wildman–Crippen MR) is 107 cm³/mol. The van der Waals surface area contributed by atoms with Gasteiger partial charge >= 0.3 is 5.97 Å². The van der Waals surface area contributed by atoms with E-state index in [1.54, 1.807) is 19.1 Å². The molecule has 1 aliphatic rings. The van der Waals surface area contributed by atoms with E-state index in [9.17, 15) is 20.0 Å². The van der Waals surface area contributed by atoms with Gasteiger partial charge in [-0.3, -0.25) is 4.79 Å². The maximum atomic E-state index is 12.5. The first-order valence-electron chi connectivity index (χ1n) is 9.27. The van der Waals surface area contributed by atoms with Crippen LogP contribution in [0.5, 0.6) is 5.75 Å². The van der Waals surface area contributed by atoms with Crippen molar-refractivity contribution >= 4 is 28.2 Å². The van der Waals surface area contributed by atoms with Crippen LogP contribution in [0, 0.1) is 18.3 Å². The minimum atomic E-state index is -1.07. The lowest BCUT2D eigenvalue weighted by molar-refractivity contribution is -0.123. The molecule has 2 N–H and O–H groups in total. The molecule has 0 bridgehead atoms. The molecule has 0 spiro atoms. The first-order chi connectivity index (χ1) is 13.4. The lowest BCUT2D eigenvalue weighted by atomic mass is 10.1. The maximum Gasteiger partial charge on any atom is 0.342 e. The smallest absolute Gasteiger partial charge is 0.342 e. The molecule has 1 amide bonds. The van der Waals surface area contributed by atoms with E-state index in [0.717, 1.165) is 42.5 Å². The number of carbonyl (C=O) groups is 2. The van der Waals surface area contributed by atoms with E-state index >= 15 is 0 Å². The summed E-state index contributed by atoms with van der Waals surface area (Å²) in [5, 5.41) is 22.8. The summed E-state index contributed by atoms with van der Waals surface area (Å²) >= 11 is 1.43. The van der Waals surface area contributed by atoms with Crippen molar-refractivity contribution in [3.63, 3.8) is 0 Å². The number of carbonyl (C=O) groups excluding carboxylic acids is 2. The molecule has 2 aromatic rings. The van der Waals surface area contributed by atoms with Crippen LogP contribution in [-0.2, 0) is 22.4 Å². The molecule has 146 valence electrons. The number of thiophene rings is 1. The first-order valence-corrected chi connectivity index (χ1v) is 10.1. The molecule has 0 saturated carbocycles. The molecule has 1 atom stereocenters. The van der Waals surface area contributed by atoms with Crippen LogP contribution in [-0.4, -0.2) is 23.1 Å². The van der Waals surface area contributed by atoms with Crippen molar-refractivity contribution < 1.29 is 19.4 Å². The van der Waals surface area contributed by atoms with E-state index in [2.05, 4.69) is 11.4 Å². The van der Waals surface area contributed by atoms with Crippen LogP contribution < -0.4 is 5.32 Å². The Balaban J connectivity index is 1.72. The molecule has 1 aromatic heterocycles. The zero-order chi connectivity index (χ0) is 20.3. The quantitative estimate of drug-likeness (QED) is 0.597. The summed E-state index contributed by atoms with van der Waals surface area (Å²) in [6.07, 6.45) is 3.97. The lowest BCUT2D eigenvalue weighted by Gasteiger charge is -2.14. The third kappa shape index (κ3) is 4.02. The van der Waals surface area contributed by atoms with Crippen molar-refractivity contribution in [2.24, 2.45) is 0 Å². The fraction of sp³-hybridized carbons (Fsp3) is 0.381. The number of rotatable bonds is 4. The Kier molecular flexibility index (Phi) is 6.00. The van der Waals surface area contributed by atoms with Crippen molar-refractivity contribution in [2.45, 2.75) is 52.1 Å². The predicted octanol–water partition coefficient (Wildman–Crippen LogP) is 4.09. The van der Waals surface area contributed by atoms with Crippen LogP contribution in [0.3, 0.4) is 0 Å². The molecule has 1 heterocycles. The minimum absolute atomic E-state index is 0.0141. The van der Waals surface area contributed by atoms with E-state index in [1.165, 1.54) is 24.3 Å². The Morgan fingerprint density at radius 1 is 1.29 bits per heavy atom. The minimum Gasteiger partial charge on any atom is -0.507 e. The average Bonchev–Trinajstić information content (AvgIpc) is 2.83. The molecule has 1 aliphatic carbocycles. The van der Waals surface area contributed by atoms with Gasteiger partial charge in [0, 0.05) is 4.88 Å². The van der Waals surface area contributed by atoms with Gasteiger partial charge in [-0.15, -0.1) is 11.3 Å². The number of para-hydroxylation sites is 1. The standard InChI is InChI=1S/C21H22N2O4S/c1-12-7-6-9-15(18(12)24)21(26)27-13(2)19(25)23-20-16(11-22)14-8-4-3-5-10-17(14)28-20/h6-7,9,13,24H,3-5,8,10H2,1-2H3,(H,23,25).